The molecule has 6 nitrogen and oxygen atoms in total. The quantitative estimate of drug-likeness (QED) is 0.222. The molecule has 54 heavy (non-hydrogen) atoms. The van der Waals surface area contributed by atoms with Gasteiger partial charge in [0.15, 0.2) is 11.6 Å². The van der Waals surface area contributed by atoms with Crippen LogP contribution in [-0.4, -0.2) is 11.6 Å². The van der Waals surface area contributed by atoms with E-state index in [4.69, 9.17) is 69.6 Å². The van der Waals surface area contributed by atoms with E-state index in [2.05, 4.69) is 20.5 Å². The number of nitrogens with zero attached hydrogens (tertiary/aromatic N) is 4. The minimum atomic E-state index is -0.376. The normalized spacial score (nSPS) is 16.3. The van der Waals surface area contributed by atoms with Crippen molar-refractivity contribution >= 4 is 92.5 Å². The second-order valence-corrected chi connectivity index (χ2v) is 19.7. The first-order valence-corrected chi connectivity index (χ1v) is 19.5. The number of azo groups is 2. The maximum atomic E-state index is 13.3. The van der Waals surface area contributed by atoms with Crippen LogP contribution in [0.25, 0.3) is 11.1 Å². The second-order valence-electron chi connectivity index (χ2n) is 17.3. The Morgan fingerprint density at radius 3 is 0.944 bits per heavy atom. The van der Waals surface area contributed by atoms with Crippen molar-refractivity contribution in [1.82, 2.24) is 0 Å². The van der Waals surface area contributed by atoms with Gasteiger partial charge >= 0.3 is 0 Å². The molecule has 12 heteroatoms. The zero-order valence-electron chi connectivity index (χ0n) is 32.5. The van der Waals surface area contributed by atoms with Crippen LogP contribution in [0.1, 0.15) is 83.1 Å². The molecule has 4 rings (SSSR count). The summed E-state index contributed by atoms with van der Waals surface area (Å²) in [6.45, 7) is 23.9. The average Bonchev–Trinajstić information content (AvgIpc) is 3.03. The lowest BCUT2D eigenvalue weighted by atomic mass is 9.72. The highest BCUT2D eigenvalue weighted by molar-refractivity contribution is 6.50. The number of Topliss-reactive ketones (excluding diaryl/α,β-unsaturated/α-hetero) is 2. The monoisotopic (exact) mass is 846 g/mol. The number of hydrogen-bond acceptors (Lipinski definition) is 6. The largest absolute Gasteiger partial charge is 0.289 e. The standard InChI is InChI=1S/C42H44Cl6N4O2/c1-39(2,3)25-13-21(14-26(37(25)53)40(4,5)6)19-49-51-35-29(43)17-23(31(45)33(35)47)24-18-30(44)36(34(48)32(24)46)52-50-20-22-15-27(41(7,8)9)38(54)28(16-22)42(10,11)12/h13-20H,1-12H3/b51-49+,52-50+. The first-order valence-electron chi connectivity index (χ1n) is 17.2. The number of rotatable bonds is 5. The minimum Gasteiger partial charge on any atom is -0.289 e. The van der Waals surface area contributed by atoms with Crippen molar-refractivity contribution in [1.29, 1.82) is 0 Å². The third-order valence-electron chi connectivity index (χ3n) is 8.74. The Hall–Kier alpha value is -2.84. The number of carbonyl (C=O) groups excluding carboxylic acids is 2. The van der Waals surface area contributed by atoms with Gasteiger partial charge in [0.2, 0.25) is 0 Å². The molecule has 286 valence electrons. The molecule has 2 aromatic carbocycles. The predicted octanol–water partition coefficient (Wildman–Crippen LogP) is 16.3. The topological polar surface area (TPSA) is 83.6 Å². The van der Waals surface area contributed by atoms with E-state index in [1.807, 2.05) is 107 Å². The van der Waals surface area contributed by atoms with Crippen molar-refractivity contribution in [2.24, 2.45) is 42.1 Å². The molecular weight excluding hydrogens is 805 g/mol. The highest BCUT2D eigenvalue weighted by Gasteiger charge is 2.35. The van der Waals surface area contributed by atoms with Crippen molar-refractivity contribution in [2.45, 2.75) is 83.1 Å². The Labute approximate surface area is 348 Å². The van der Waals surface area contributed by atoms with Gasteiger partial charge < -0.3 is 0 Å². The highest BCUT2D eigenvalue weighted by atomic mass is 35.5. The molecular formula is C42H44Cl6N4O2. The van der Waals surface area contributed by atoms with Crippen LogP contribution in [0, 0.1) is 21.7 Å². The maximum Gasteiger partial charge on any atom is 0.186 e. The Bertz CT molecular complexity index is 1960. The molecule has 0 bridgehead atoms. The van der Waals surface area contributed by atoms with Crippen molar-refractivity contribution in [3.05, 3.63) is 112 Å². The van der Waals surface area contributed by atoms with Crippen molar-refractivity contribution < 1.29 is 9.59 Å². The summed E-state index contributed by atoms with van der Waals surface area (Å²) >= 11 is 40.4. The summed E-state index contributed by atoms with van der Waals surface area (Å²) < 4.78 is 0. The first-order chi connectivity index (χ1) is 24.6. The molecule has 0 unspecified atom stereocenters. The van der Waals surface area contributed by atoms with Gasteiger partial charge in [-0.3, -0.25) is 9.59 Å². The van der Waals surface area contributed by atoms with Gasteiger partial charge in [-0.25, -0.2) is 0 Å². The lowest BCUT2D eigenvalue weighted by Crippen LogP contribution is -2.27. The van der Waals surface area contributed by atoms with Crippen LogP contribution in [0.3, 0.4) is 0 Å². The van der Waals surface area contributed by atoms with Crippen molar-refractivity contribution in [3.63, 3.8) is 0 Å². The van der Waals surface area contributed by atoms with Crippen LogP contribution in [0.5, 0.6) is 0 Å². The Morgan fingerprint density at radius 2 is 0.704 bits per heavy atom. The number of allylic oxidation sites excluding steroid dienone is 10. The number of hydrogen-bond donors (Lipinski definition) is 0. The lowest BCUT2D eigenvalue weighted by molar-refractivity contribution is -0.114. The van der Waals surface area contributed by atoms with Crippen LogP contribution >= 0.6 is 69.6 Å². The van der Waals surface area contributed by atoms with Crippen LogP contribution in [0.2, 0.25) is 30.1 Å². The van der Waals surface area contributed by atoms with Crippen LogP contribution in [0.15, 0.2) is 103 Å². The maximum absolute atomic E-state index is 13.3. The Kier molecular flexibility index (Phi) is 13.0. The summed E-state index contributed by atoms with van der Waals surface area (Å²) in [5.74, 6) is 0.0320. The Morgan fingerprint density at radius 1 is 0.444 bits per heavy atom. The van der Waals surface area contributed by atoms with Gasteiger partial charge in [0, 0.05) is 33.4 Å². The van der Waals surface area contributed by atoms with E-state index in [-0.39, 0.29) is 74.7 Å². The van der Waals surface area contributed by atoms with Crippen LogP contribution < -0.4 is 0 Å². The van der Waals surface area contributed by atoms with E-state index in [9.17, 15) is 9.59 Å². The molecule has 0 aromatic heterocycles. The van der Waals surface area contributed by atoms with Gasteiger partial charge in [-0.05, 0) is 69.2 Å². The summed E-state index contributed by atoms with van der Waals surface area (Å²) in [6.07, 6.45) is 10.4. The fourth-order valence-electron chi connectivity index (χ4n) is 5.73. The third-order valence-corrected chi connectivity index (χ3v) is 11.0. The van der Waals surface area contributed by atoms with Crippen LogP contribution in [0.4, 0.5) is 11.4 Å². The van der Waals surface area contributed by atoms with Crippen LogP contribution in [-0.2, 0) is 9.59 Å². The molecule has 0 radical (unpaired) electrons. The summed E-state index contributed by atoms with van der Waals surface area (Å²) in [5.41, 5.74) is 3.62. The molecule has 2 aliphatic carbocycles. The summed E-state index contributed by atoms with van der Waals surface area (Å²) in [4.78, 5) is 26.6. The van der Waals surface area contributed by atoms with E-state index in [1.54, 1.807) is 24.5 Å². The zero-order chi connectivity index (χ0) is 40.9. The number of benzene rings is 2. The predicted molar refractivity (Wildman–Crippen MR) is 227 cm³/mol. The molecule has 0 saturated carbocycles. The Balaban J connectivity index is 1.71. The third kappa shape index (κ3) is 9.57. The lowest BCUT2D eigenvalue weighted by Gasteiger charge is -2.31. The molecule has 0 fully saturated rings. The highest BCUT2D eigenvalue weighted by Crippen LogP contribution is 2.50. The molecule has 0 heterocycles. The van der Waals surface area contributed by atoms with E-state index in [0.717, 1.165) is 0 Å². The zero-order valence-corrected chi connectivity index (χ0v) is 37.0. The molecule has 2 aliphatic rings. The minimum absolute atomic E-state index is 0.0160. The number of halogens is 6. The van der Waals surface area contributed by atoms with E-state index in [1.165, 1.54) is 0 Å². The number of ketones is 2. The molecule has 0 atom stereocenters. The van der Waals surface area contributed by atoms with Gasteiger partial charge in [0.25, 0.3) is 0 Å². The van der Waals surface area contributed by atoms with Crippen molar-refractivity contribution in [3.8, 4) is 11.1 Å². The van der Waals surface area contributed by atoms with Gasteiger partial charge in [-0.15, -0.1) is 10.2 Å². The van der Waals surface area contributed by atoms with E-state index < -0.39 is 0 Å². The average molecular weight is 850 g/mol. The molecule has 0 amide bonds. The SMILES string of the molecule is CC(C)(C)C1=CC(=C/N=N/c2c(Cl)cc(-c3cc(Cl)c(/N=N/C=C4C=C(C(C)(C)C)C(=O)C(C(C)(C)C)=C4)c(Cl)c3Cl)c(Cl)c2Cl)C=C(C(C)(C)C)C1=O. The van der Waals surface area contributed by atoms with E-state index in [0.29, 0.717) is 44.6 Å². The summed E-state index contributed by atoms with van der Waals surface area (Å²) in [7, 11) is 0. The van der Waals surface area contributed by atoms with E-state index >= 15 is 0 Å². The van der Waals surface area contributed by atoms with Gasteiger partial charge in [0.1, 0.15) is 11.4 Å². The van der Waals surface area contributed by atoms with Gasteiger partial charge in [0.05, 0.1) is 42.5 Å². The van der Waals surface area contributed by atoms with Gasteiger partial charge in [-0.2, -0.15) is 10.2 Å². The van der Waals surface area contributed by atoms with Crippen molar-refractivity contribution in [2.75, 3.05) is 0 Å². The fourth-order valence-corrected chi connectivity index (χ4v) is 7.29. The summed E-state index contributed by atoms with van der Waals surface area (Å²) in [5, 5.41) is 17.6. The molecule has 0 spiro atoms. The smallest absolute Gasteiger partial charge is 0.186 e. The number of carbonyl (C=O) groups is 2. The first kappa shape index (κ1) is 43.9. The fraction of sp³-hybridized carbons (Fsp3) is 0.381. The second kappa shape index (κ2) is 16.0. The molecule has 0 saturated heterocycles. The molecule has 2 aromatic rings. The summed E-state index contributed by atoms with van der Waals surface area (Å²) in [6, 6.07) is 3.10. The molecule has 0 aliphatic heterocycles. The van der Waals surface area contributed by atoms with Gasteiger partial charge in [-0.1, -0.05) is 153 Å². The molecule has 0 N–H and O–H groups in total.